The molecule has 2 aliphatic carbocycles. The Kier molecular flexibility index (Phi) is 4.99. The predicted molar refractivity (Wildman–Crippen MR) is 118 cm³/mol. The number of ether oxygens (including phenoxy) is 1. The largest absolute Gasteiger partial charge is 0.497 e. The van der Waals surface area contributed by atoms with E-state index in [2.05, 4.69) is 27.7 Å². The molecule has 0 saturated carbocycles. The first-order chi connectivity index (χ1) is 14.4. The van der Waals surface area contributed by atoms with E-state index in [1.165, 1.54) is 6.92 Å². The van der Waals surface area contributed by atoms with E-state index >= 15 is 0 Å². The summed E-state index contributed by atoms with van der Waals surface area (Å²) in [6, 6.07) is 7.59. The van der Waals surface area contributed by atoms with E-state index in [9.17, 15) is 14.4 Å². The first-order valence-electron chi connectivity index (χ1n) is 10.9. The number of hydrogen-bond acceptors (Lipinski definition) is 4. The van der Waals surface area contributed by atoms with Crippen LogP contribution in [0.4, 0.5) is 0 Å². The van der Waals surface area contributed by atoms with Gasteiger partial charge in [-0.05, 0) is 41.4 Å². The van der Waals surface area contributed by atoms with Gasteiger partial charge in [0, 0.05) is 48.2 Å². The number of ketones is 2. The van der Waals surface area contributed by atoms with Gasteiger partial charge < -0.3 is 4.74 Å². The molecule has 0 bridgehead atoms. The van der Waals surface area contributed by atoms with Gasteiger partial charge in [-0.25, -0.2) is 0 Å². The third-order valence-corrected chi connectivity index (χ3v) is 6.67. The summed E-state index contributed by atoms with van der Waals surface area (Å²) in [7, 11) is 1.61. The van der Waals surface area contributed by atoms with Gasteiger partial charge in [0.25, 0.3) is 0 Å². The zero-order valence-electron chi connectivity index (χ0n) is 19.3. The average Bonchev–Trinajstić information content (AvgIpc) is 2.64. The third-order valence-electron chi connectivity index (χ3n) is 6.67. The molecule has 1 aromatic carbocycles. The molecule has 0 atom stereocenters. The molecule has 0 spiro atoms. The van der Waals surface area contributed by atoms with E-state index in [1.54, 1.807) is 12.0 Å². The normalized spacial score (nSPS) is 23.0. The van der Waals surface area contributed by atoms with Gasteiger partial charge in [0.1, 0.15) is 5.75 Å². The van der Waals surface area contributed by atoms with E-state index < -0.39 is 5.92 Å². The monoisotopic (exact) mass is 421 g/mol. The van der Waals surface area contributed by atoms with Gasteiger partial charge in [-0.3, -0.25) is 19.3 Å². The smallest absolute Gasteiger partial charge is 0.227 e. The topological polar surface area (TPSA) is 63.7 Å². The summed E-state index contributed by atoms with van der Waals surface area (Å²) in [5.41, 5.74) is 3.21. The molecule has 31 heavy (non-hydrogen) atoms. The van der Waals surface area contributed by atoms with E-state index in [4.69, 9.17) is 4.74 Å². The first-order valence-corrected chi connectivity index (χ1v) is 10.9. The highest BCUT2D eigenvalue weighted by Gasteiger charge is 2.49. The molecule has 0 saturated heterocycles. The van der Waals surface area contributed by atoms with E-state index in [-0.39, 0.29) is 28.3 Å². The van der Waals surface area contributed by atoms with Crippen molar-refractivity contribution in [1.82, 2.24) is 4.90 Å². The summed E-state index contributed by atoms with van der Waals surface area (Å²) < 4.78 is 5.30. The van der Waals surface area contributed by atoms with Crippen molar-refractivity contribution < 1.29 is 19.1 Å². The molecule has 0 fully saturated rings. The molecule has 0 unspecified atom stereocenters. The van der Waals surface area contributed by atoms with Crippen molar-refractivity contribution in [2.75, 3.05) is 7.11 Å². The molecule has 1 aromatic rings. The summed E-state index contributed by atoms with van der Waals surface area (Å²) in [6.07, 6.45) is 2.08. The number of carbonyl (C=O) groups excluding carboxylic acids is 3. The number of allylic oxidation sites excluding steroid dienone is 4. The Hall–Kier alpha value is -2.69. The summed E-state index contributed by atoms with van der Waals surface area (Å²) in [5, 5.41) is 0. The maximum absolute atomic E-state index is 13.5. The molecule has 4 rings (SSSR count). The van der Waals surface area contributed by atoms with Crippen molar-refractivity contribution in [3.8, 4) is 5.75 Å². The Morgan fingerprint density at radius 1 is 0.871 bits per heavy atom. The van der Waals surface area contributed by atoms with Crippen molar-refractivity contribution >= 4 is 17.5 Å². The number of methoxy groups -OCH3 is 1. The summed E-state index contributed by atoms with van der Waals surface area (Å²) in [4.78, 5) is 41.5. The number of carbonyl (C=O) groups is 3. The highest BCUT2D eigenvalue weighted by molar-refractivity contribution is 6.08. The maximum Gasteiger partial charge on any atom is 0.227 e. The van der Waals surface area contributed by atoms with Crippen LogP contribution in [0.15, 0.2) is 46.8 Å². The minimum Gasteiger partial charge on any atom is -0.497 e. The molecule has 1 aliphatic heterocycles. The molecular weight excluding hydrogens is 390 g/mol. The Labute approximate surface area is 184 Å². The highest BCUT2D eigenvalue weighted by Crippen LogP contribution is 2.54. The second-order valence-corrected chi connectivity index (χ2v) is 10.7. The summed E-state index contributed by atoms with van der Waals surface area (Å²) in [5.74, 6) is 0.216. The number of benzene rings is 1. The maximum atomic E-state index is 13.5. The van der Waals surface area contributed by atoms with Gasteiger partial charge in [0.05, 0.1) is 7.11 Å². The number of amides is 1. The van der Waals surface area contributed by atoms with Crippen LogP contribution < -0.4 is 4.74 Å². The fraction of sp³-hybridized carbons (Fsp3) is 0.500. The van der Waals surface area contributed by atoms with Crippen molar-refractivity contribution in [2.45, 2.75) is 66.2 Å². The lowest BCUT2D eigenvalue weighted by molar-refractivity contribution is -0.127. The molecule has 0 N–H and O–H groups in total. The summed E-state index contributed by atoms with van der Waals surface area (Å²) >= 11 is 0. The van der Waals surface area contributed by atoms with Gasteiger partial charge in [0.2, 0.25) is 5.91 Å². The van der Waals surface area contributed by atoms with E-state index in [0.29, 0.717) is 36.8 Å². The molecular formula is C26H31NO4. The van der Waals surface area contributed by atoms with Crippen LogP contribution in [0, 0.1) is 10.8 Å². The zero-order valence-corrected chi connectivity index (χ0v) is 19.3. The van der Waals surface area contributed by atoms with E-state index in [1.807, 2.05) is 24.3 Å². The molecule has 3 aliphatic rings. The lowest BCUT2D eigenvalue weighted by Gasteiger charge is -2.48. The number of rotatable bonds is 2. The van der Waals surface area contributed by atoms with Crippen LogP contribution in [0.5, 0.6) is 5.75 Å². The minimum absolute atomic E-state index is 0.0301. The SMILES string of the molecule is COc1ccc(C2C3=C(CC(C)(C)CC3=O)N(C(C)=O)C3=C2C(=O)CC(C)(C)C3)cc1. The number of nitrogens with zero attached hydrogens (tertiary/aromatic N) is 1. The molecule has 5 heteroatoms. The van der Waals surface area contributed by atoms with Crippen LogP contribution in [0.25, 0.3) is 0 Å². The van der Waals surface area contributed by atoms with Crippen LogP contribution in [-0.4, -0.2) is 29.5 Å². The second kappa shape index (κ2) is 7.18. The second-order valence-electron chi connectivity index (χ2n) is 10.7. The highest BCUT2D eigenvalue weighted by atomic mass is 16.5. The Bertz CT molecular complexity index is 986. The molecule has 1 amide bonds. The van der Waals surface area contributed by atoms with Crippen LogP contribution in [0.2, 0.25) is 0 Å². The molecule has 0 aromatic heterocycles. The predicted octanol–water partition coefficient (Wildman–Crippen LogP) is 4.93. The summed E-state index contributed by atoms with van der Waals surface area (Å²) in [6.45, 7) is 9.79. The Balaban J connectivity index is 2.00. The van der Waals surface area contributed by atoms with Crippen molar-refractivity contribution in [2.24, 2.45) is 10.8 Å². The molecule has 5 nitrogen and oxygen atoms in total. The third kappa shape index (κ3) is 3.64. The van der Waals surface area contributed by atoms with Gasteiger partial charge >= 0.3 is 0 Å². The first kappa shape index (κ1) is 21.5. The standard InChI is InChI=1S/C26H31NO4/c1-15(28)27-18-11-25(2,3)13-20(29)23(18)22(16-7-9-17(31-6)10-8-16)24-19(27)12-26(4,5)14-21(24)30/h7-10,22H,11-14H2,1-6H3. The minimum atomic E-state index is -0.432. The van der Waals surface area contributed by atoms with Gasteiger partial charge in [-0.15, -0.1) is 0 Å². The Morgan fingerprint density at radius 3 is 1.71 bits per heavy atom. The number of Topliss-reactive ketones (excluding diaryl/α,β-unsaturated/α-hetero) is 2. The molecule has 164 valence electrons. The quantitative estimate of drug-likeness (QED) is 0.679. The number of hydrogen-bond donors (Lipinski definition) is 0. The van der Waals surface area contributed by atoms with Crippen molar-refractivity contribution in [3.63, 3.8) is 0 Å². The van der Waals surface area contributed by atoms with Crippen LogP contribution in [0.1, 0.15) is 71.8 Å². The van der Waals surface area contributed by atoms with Gasteiger partial charge in [-0.2, -0.15) is 0 Å². The van der Waals surface area contributed by atoms with Crippen molar-refractivity contribution in [3.05, 3.63) is 52.4 Å². The van der Waals surface area contributed by atoms with Crippen LogP contribution >= 0.6 is 0 Å². The average molecular weight is 422 g/mol. The zero-order chi connectivity index (χ0) is 22.7. The van der Waals surface area contributed by atoms with Crippen LogP contribution in [0.3, 0.4) is 0 Å². The fourth-order valence-electron chi connectivity index (χ4n) is 5.47. The molecule has 0 radical (unpaired) electrons. The van der Waals surface area contributed by atoms with Gasteiger partial charge in [-0.1, -0.05) is 39.8 Å². The molecule has 1 heterocycles. The Morgan fingerprint density at radius 2 is 1.32 bits per heavy atom. The van der Waals surface area contributed by atoms with Crippen LogP contribution in [-0.2, 0) is 14.4 Å². The lowest BCUT2D eigenvalue weighted by atomic mass is 9.63. The van der Waals surface area contributed by atoms with E-state index in [0.717, 1.165) is 22.7 Å². The van der Waals surface area contributed by atoms with Crippen molar-refractivity contribution in [1.29, 1.82) is 0 Å². The fourth-order valence-corrected chi connectivity index (χ4v) is 5.47. The lowest BCUT2D eigenvalue weighted by Crippen LogP contribution is -2.45. The van der Waals surface area contributed by atoms with Gasteiger partial charge in [0.15, 0.2) is 11.6 Å².